The number of rotatable bonds is 13. The van der Waals surface area contributed by atoms with Gasteiger partial charge in [0, 0.05) is 57.0 Å². The van der Waals surface area contributed by atoms with Crippen LogP contribution in [0.1, 0.15) is 103 Å². The van der Waals surface area contributed by atoms with Crippen LogP contribution in [0.2, 0.25) is 0 Å². The van der Waals surface area contributed by atoms with Crippen LogP contribution in [0, 0.1) is 28.6 Å². The summed E-state index contributed by atoms with van der Waals surface area (Å²) in [5.74, 6) is -5.98. The van der Waals surface area contributed by atoms with Gasteiger partial charge in [-0.05, 0) is 102 Å². The molecular formula is C51H71N3O13. The summed E-state index contributed by atoms with van der Waals surface area (Å²) >= 11 is 0. The van der Waals surface area contributed by atoms with E-state index in [2.05, 4.69) is 22.2 Å². The number of hydrogen-bond acceptors (Lipinski definition) is 15. The SMILES string of the molecule is CC1=C2[C@@H](O)C(=O)[C@@]3(C)C([C@H](CO)[C@H](C)C[C@@H]3OC(=O)CCCN3CCN(C)CC3)[C@H](OC(=O)c3ccccc3)[C@](O)(C[C@@H]1OC(=O)[C@H](O)[C@@H](NC(=O)OC(C)(C)C)c1ccccc1)C2(C)C. The van der Waals surface area contributed by atoms with Gasteiger partial charge < -0.3 is 54.5 Å². The summed E-state index contributed by atoms with van der Waals surface area (Å²) in [6, 6.07) is 14.9. The number of nitrogens with zero attached hydrogens (tertiary/aromatic N) is 2. The third-order valence-corrected chi connectivity index (χ3v) is 15.0. The molecule has 1 amide bonds. The Kier molecular flexibility index (Phi) is 15.8. The zero-order valence-electron chi connectivity index (χ0n) is 40.4. The minimum absolute atomic E-state index is 0.0121. The van der Waals surface area contributed by atoms with Crippen LogP contribution in [0.5, 0.6) is 0 Å². The highest BCUT2D eigenvalue weighted by atomic mass is 16.6. The largest absolute Gasteiger partial charge is 0.461 e. The minimum Gasteiger partial charge on any atom is -0.461 e. The Morgan fingerprint density at radius 3 is 2.13 bits per heavy atom. The van der Waals surface area contributed by atoms with E-state index in [9.17, 15) is 39.6 Å². The van der Waals surface area contributed by atoms with Crippen molar-refractivity contribution in [3.8, 4) is 0 Å². The van der Waals surface area contributed by atoms with E-state index in [0.29, 0.717) is 18.5 Å². The molecule has 4 aliphatic rings. The van der Waals surface area contributed by atoms with Crippen molar-refractivity contribution in [3.63, 3.8) is 0 Å². The summed E-state index contributed by atoms with van der Waals surface area (Å²) in [5.41, 5.74) is -5.95. The lowest BCUT2D eigenvalue weighted by molar-refractivity contribution is -0.241. The van der Waals surface area contributed by atoms with Gasteiger partial charge in [-0.15, -0.1) is 0 Å². The average molecular weight is 934 g/mol. The summed E-state index contributed by atoms with van der Waals surface area (Å²) in [5, 5.41) is 51.7. The van der Waals surface area contributed by atoms with Gasteiger partial charge >= 0.3 is 24.0 Å². The van der Waals surface area contributed by atoms with Crippen molar-refractivity contribution in [1.82, 2.24) is 15.1 Å². The number of likely N-dealkylation sites (N-methyl/N-ethyl adjacent to an activating group) is 1. The number of ketones is 1. The van der Waals surface area contributed by atoms with Crippen molar-refractivity contribution in [3.05, 3.63) is 82.9 Å². The van der Waals surface area contributed by atoms with Crippen LogP contribution in [-0.4, -0.2) is 148 Å². The number of nitrogens with one attached hydrogen (secondary N) is 1. The van der Waals surface area contributed by atoms with Crippen LogP contribution >= 0.6 is 0 Å². The van der Waals surface area contributed by atoms with Crippen LogP contribution in [0.4, 0.5) is 4.79 Å². The first-order valence-corrected chi connectivity index (χ1v) is 23.5. The summed E-state index contributed by atoms with van der Waals surface area (Å²) in [6.45, 7) is 16.9. The molecule has 1 heterocycles. The van der Waals surface area contributed by atoms with Gasteiger partial charge in [-0.25, -0.2) is 14.4 Å². The average Bonchev–Trinajstić information content (AvgIpc) is 3.27. The minimum atomic E-state index is -2.27. The predicted octanol–water partition coefficient (Wildman–Crippen LogP) is 4.38. The second-order valence-corrected chi connectivity index (χ2v) is 20.8. The number of piperazine rings is 1. The highest BCUT2D eigenvalue weighted by molar-refractivity contribution is 5.94. The monoisotopic (exact) mass is 933 g/mol. The van der Waals surface area contributed by atoms with E-state index in [1.807, 2.05) is 6.92 Å². The van der Waals surface area contributed by atoms with Crippen molar-refractivity contribution >= 4 is 29.8 Å². The number of amides is 1. The van der Waals surface area contributed by atoms with E-state index in [4.69, 9.17) is 18.9 Å². The maximum atomic E-state index is 15.5. The summed E-state index contributed by atoms with van der Waals surface area (Å²) in [4.78, 5) is 75.5. The van der Waals surface area contributed by atoms with E-state index in [0.717, 1.165) is 26.2 Å². The quantitative estimate of drug-likeness (QED) is 0.107. The predicted molar refractivity (Wildman–Crippen MR) is 246 cm³/mol. The van der Waals surface area contributed by atoms with Gasteiger partial charge in [0.05, 0.1) is 17.0 Å². The van der Waals surface area contributed by atoms with Crippen molar-refractivity contribution in [2.75, 3.05) is 46.4 Å². The summed E-state index contributed by atoms with van der Waals surface area (Å²) in [6.07, 6.45) is -8.94. The number of alkyl carbamates (subject to hydrolysis) is 1. The lowest BCUT2D eigenvalue weighted by atomic mass is 9.45. The van der Waals surface area contributed by atoms with Gasteiger partial charge in [0.15, 0.2) is 11.9 Å². The lowest BCUT2D eigenvalue weighted by Gasteiger charge is -2.62. The number of aliphatic hydroxyl groups excluding tert-OH is 3. The zero-order chi connectivity index (χ0) is 49.2. The van der Waals surface area contributed by atoms with Crippen LogP contribution in [0.3, 0.4) is 0 Å². The van der Waals surface area contributed by atoms with Gasteiger partial charge in [0.2, 0.25) is 0 Å². The number of fused-ring (bicyclic) bond motifs is 3. The molecule has 6 rings (SSSR count). The number of esters is 3. The maximum absolute atomic E-state index is 15.5. The van der Waals surface area contributed by atoms with Gasteiger partial charge in [-0.1, -0.05) is 69.3 Å². The van der Waals surface area contributed by atoms with Gasteiger partial charge in [-0.2, -0.15) is 0 Å². The van der Waals surface area contributed by atoms with E-state index in [-0.39, 0.29) is 29.6 Å². The molecule has 3 fully saturated rings. The maximum Gasteiger partial charge on any atom is 0.408 e. The molecule has 2 bridgehead atoms. The Morgan fingerprint density at radius 1 is 0.925 bits per heavy atom. The van der Waals surface area contributed by atoms with Gasteiger partial charge in [0.1, 0.15) is 35.6 Å². The topological polar surface area (TPSA) is 222 Å². The van der Waals surface area contributed by atoms with Crippen LogP contribution < -0.4 is 5.32 Å². The third-order valence-electron chi connectivity index (χ3n) is 15.0. The van der Waals surface area contributed by atoms with Crippen molar-refractivity contribution in [1.29, 1.82) is 0 Å². The van der Waals surface area contributed by atoms with Crippen LogP contribution in [0.15, 0.2) is 71.8 Å². The number of Topliss-reactive ketones (excluding diaryl/α,β-unsaturated/α-hetero) is 1. The first kappa shape index (κ1) is 51.7. The molecule has 16 heteroatoms. The highest BCUT2D eigenvalue weighted by Gasteiger charge is 2.71. The molecule has 368 valence electrons. The Morgan fingerprint density at radius 2 is 1.54 bits per heavy atom. The van der Waals surface area contributed by atoms with Crippen molar-refractivity contribution < 1.29 is 63.3 Å². The normalized spacial score (nSPS) is 31.0. The molecule has 16 nitrogen and oxygen atoms in total. The third kappa shape index (κ3) is 10.6. The Labute approximate surface area is 394 Å². The fourth-order valence-corrected chi connectivity index (χ4v) is 11.0. The van der Waals surface area contributed by atoms with Gasteiger partial charge in [0.25, 0.3) is 0 Å². The fourth-order valence-electron chi connectivity index (χ4n) is 11.0. The number of hydrogen-bond donors (Lipinski definition) is 5. The molecule has 2 aromatic rings. The second kappa shape index (κ2) is 20.5. The van der Waals surface area contributed by atoms with Crippen LogP contribution in [-0.2, 0) is 33.3 Å². The number of carbonyl (C=O) groups is 5. The Balaban J connectivity index is 1.42. The summed E-state index contributed by atoms with van der Waals surface area (Å²) in [7, 11) is 2.07. The van der Waals surface area contributed by atoms with E-state index < -0.39 is 119 Å². The number of carbonyl (C=O) groups excluding carboxylic acids is 5. The van der Waals surface area contributed by atoms with E-state index in [1.165, 1.54) is 12.1 Å². The Hall–Kier alpha value is -4.71. The van der Waals surface area contributed by atoms with E-state index >= 15 is 4.79 Å². The van der Waals surface area contributed by atoms with E-state index in [1.54, 1.807) is 97.0 Å². The standard InChI is InChI=1S/C51H71N3O13/c1-30-27-36(65-37(56)21-16-22-54-25-23-53(9)24-26-54)50(8)39(34(30)29-55)44(66-45(60)33-19-14-11-15-20-33)51(63)28-35(31(2)38(49(51,6)7)41(57)43(50)59)64-46(61)42(58)40(32-17-12-10-13-18-32)52-47(62)67-48(3,4)5/h10-15,17-20,30,34-36,39-42,44,55,57-58,63H,16,21-29H2,1-9H3,(H,52,62)/t30-,34-,35+,36+,39?,40+,41-,42-,44+,50-,51-/m1/s1. The number of ether oxygens (including phenoxy) is 4. The molecule has 3 aliphatic carbocycles. The molecule has 1 aliphatic heterocycles. The molecule has 11 atom stereocenters. The first-order valence-electron chi connectivity index (χ1n) is 23.5. The lowest BCUT2D eigenvalue weighted by Crippen LogP contribution is -2.73. The fraction of sp³-hybridized carbons (Fsp3) is 0.627. The number of aliphatic hydroxyl groups is 4. The molecule has 0 radical (unpaired) electrons. The van der Waals surface area contributed by atoms with Gasteiger partial charge in [-0.3, -0.25) is 9.59 Å². The molecule has 5 N–H and O–H groups in total. The molecule has 2 saturated carbocycles. The molecule has 67 heavy (non-hydrogen) atoms. The summed E-state index contributed by atoms with van der Waals surface area (Å²) < 4.78 is 24.3. The number of benzene rings is 2. The van der Waals surface area contributed by atoms with Crippen LogP contribution in [0.25, 0.3) is 0 Å². The van der Waals surface area contributed by atoms with Crippen molar-refractivity contribution in [2.24, 2.45) is 28.6 Å². The molecule has 0 aromatic heterocycles. The second-order valence-electron chi connectivity index (χ2n) is 20.8. The van der Waals surface area contributed by atoms with Crippen molar-refractivity contribution in [2.45, 2.75) is 129 Å². The molecule has 1 unspecified atom stereocenters. The smallest absolute Gasteiger partial charge is 0.408 e. The molecule has 1 saturated heterocycles. The highest BCUT2D eigenvalue weighted by Crippen LogP contribution is 2.62. The Bertz CT molecular complexity index is 2130. The zero-order valence-corrected chi connectivity index (χ0v) is 40.4. The molecular weight excluding hydrogens is 863 g/mol. The first-order chi connectivity index (χ1) is 31.4. The molecule has 0 spiro atoms. The molecule has 2 aromatic carbocycles.